The topological polar surface area (TPSA) is 105 Å². The van der Waals surface area contributed by atoms with Crippen molar-refractivity contribution < 1.29 is 24.2 Å². The SMILES string of the molecule is Cc1ccc(Oc2ccc(C(=O)O)cc2)c([C@H]2NC(=O)CC[C@]23C(=O)Nc2cc(Cl)ccc23)c1. The van der Waals surface area contributed by atoms with E-state index in [0.717, 1.165) is 11.1 Å². The number of nitrogens with one attached hydrogen (secondary N) is 2. The highest BCUT2D eigenvalue weighted by Gasteiger charge is 2.56. The quantitative estimate of drug-likeness (QED) is 0.492. The summed E-state index contributed by atoms with van der Waals surface area (Å²) in [6, 6.07) is 16.3. The number of ether oxygens (including phenoxy) is 1. The number of piperidine rings is 1. The minimum atomic E-state index is -1.03. The molecule has 5 rings (SSSR count). The van der Waals surface area contributed by atoms with Crippen molar-refractivity contribution in [3.63, 3.8) is 0 Å². The summed E-state index contributed by atoms with van der Waals surface area (Å²) in [5, 5.41) is 15.6. The van der Waals surface area contributed by atoms with Crippen LogP contribution in [0.5, 0.6) is 11.5 Å². The van der Waals surface area contributed by atoms with Crippen molar-refractivity contribution in [3.05, 3.63) is 87.9 Å². The van der Waals surface area contributed by atoms with Crippen molar-refractivity contribution in [2.45, 2.75) is 31.2 Å². The molecule has 7 nitrogen and oxygen atoms in total. The highest BCUT2D eigenvalue weighted by molar-refractivity contribution is 6.31. The Bertz CT molecular complexity index is 1340. The Morgan fingerprint density at radius 2 is 1.85 bits per heavy atom. The van der Waals surface area contributed by atoms with E-state index in [0.29, 0.717) is 34.2 Å². The van der Waals surface area contributed by atoms with Gasteiger partial charge in [0.05, 0.1) is 11.6 Å². The predicted molar refractivity (Wildman–Crippen MR) is 127 cm³/mol. The number of rotatable bonds is 4. The van der Waals surface area contributed by atoms with Crippen LogP contribution in [0.1, 0.15) is 45.9 Å². The minimum absolute atomic E-state index is 0.146. The van der Waals surface area contributed by atoms with Gasteiger partial charge in [-0.25, -0.2) is 4.79 Å². The standard InChI is InChI=1S/C26H21ClN2O5/c1-14-2-9-21(34-17-6-3-15(4-7-17)24(31)32)18(12-14)23-26(11-10-22(30)29-23)19-8-5-16(27)13-20(19)28-25(26)33/h2-9,12-13,23H,10-11H2,1H3,(H,28,33)(H,29,30)(H,31,32)/t23-,26-/m1/s1. The summed E-state index contributed by atoms with van der Waals surface area (Å²) in [5.41, 5.74) is 2.14. The van der Waals surface area contributed by atoms with Crippen LogP contribution in [0.4, 0.5) is 5.69 Å². The van der Waals surface area contributed by atoms with Crippen LogP contribution in [0.25, 0.3) is 0 Å². The van der Waals surface area contributed by atoms with Gasteiger partial charge in [-0.05, 0) is 61.4 Å². The molecule has 2 heterocycles. The summed E-state index contributed by atoms with van der Waals surface area (Å²) < 4.78 is 6.14. The van der Waals surface area contributed by atoms with Gasteiger partial charge in [0.2, 0.25) is 11.8 Å². The van der Waals surface area contributed by atoms with E-state index in [1.807, 2.05) is 25.1 Å². The van der Waals surface area contributed by atoms with Crippen LogP contribution in [-0.2, 0) is 15.0 Å². The van der Waals surface area contributed by atoms with E-state index >= 15 is 0 Å². The molecule has 3 N–H and O–H groups in total. The van der Waals surface area contributed by atoms with E-state index in [-0.39, 0.29) is 23.8 Å². The normalized spacial score (nSPS) is 21.1. The molecule has 3 aromatic carbocycles. The van der Waals surface area contributed by atoms with Crippen molar-refractivity contribution in [1.29, 1.82) is 0 Å². The van der Waals surface area contributed by atoms with Gasteiger partial charge < -0.3 is 20.5 Å². The number of hydrogen-bond donors (Lipinski definition) is 3. The van der Waals surface area contributed by atoms with Crippen molar-refractivity contribution >= 4 is 35.1 Å². The number of anilines is 1. The second kappa shape index (κ2) is 8.18. The lowest BCUT2D eigenvalue weighted by molar-refractivity contribution is -0.130. The summed E-state index contributed by atoms with van der Waals surface area (Å²) in [4.78, 5) is 37.2. The average Bonchev–Trinajstić information content (AvgIpc) is 3.07. The van der Waals surface area contributed by atoms with Crippen LogP contribution in [0, 0.1) is 6.92 Å². The minimum Gasteiger partial charge on any atom is -0.478 e. The van der Waals surface area contributed by atoms with Gasteiger partial charge in [0.1, 0.15) is 16.9 Å². The molecular formula is C26H21ClN2O5. The van der Waals surface area contributed by atoms with Gasteiger partial charge in [0, 0.05) is 22.7 Å². The average molecular weight is 477 g/mol. The summed E-state index contributed by atoms with van der Waals surface area (Å²) in [6.07, 6.45) is 0.551. The lowest BCUT2D eigenvalue weighted by atomic mass is 9.67. The largest absolute Gasteiger partial charge is 0.478 e. The monoisotopic (exact) mass is 476 g/mol. The third-order valence-electron chi connectivity index (χ3n) is 6.47. The van der Waals surface area contributed by atoms with Crippen LogP contribution >= 0.6 is 11.6 Å². The number of amides is 2. The molecule has 0 saturated carbocycles. The van der Waals surface area contributed by atoms with E-state index in [1.54, 1.807) is 30.3 Å². The van der Waals surface area contributed by atoms with E-state index in [4.69, 9.17) is 21.4 Å². The molecule has 0 aromatic heterocycles. The first-order chi connectivity index (χ1) is 16.3. The maximum absolute atomic E-state index is 13.5. The third-order valence-corrected chi connectivity index (χ3v) is 6.70. The highest BCUT2D eigenvalue weighted by Crippen LogP contribution is 2.53. The van der Waals surface area contributed by atoms with Crippen molar-refractivity contribution in [3.8, 4) is 11.5 Å². The van der Waals surface area contributed by atoms with E-state index in [2.05, 4.69) is 10.6 Å². The van der Waals surface area contributed by atoms with E-state index < -0.39 is 17.4 Å². The molecule has 2 aliphatic heterocycles. The molecule has 2 aliphatic rings. The summed E-state index contributed by atoms with van der Waals surface area (Å²) in [7, 11) is 0. The Morgan fingerprint density at radius 3 is 2.59 bits per heavy atom. The molecule has 0 unspecified atom stereocenters. The van der Waals surface area contributed by atoms with Crippen molar-refractivity contribution in [2.75, 3.05) is 5.32 Å². The number of carboxylic acid groups (broad SMARTS) is 1. The van der Waals surface area contributed by atoms with Crippen molar-refractivity contribution in [1.82, 2.24) is 5.32 Å². The molecule has 3 aromatic rings. The number of carbonyl (C=O) groups is 3. The van der Waals surface area contributed by atoms with Gasteiger partial charge in [-0.3, -0.25) is 9.59 Å². The second-order valence-corrected chi connectivity index (χ2v) is 9.03. The maximum atomic E-state index is 13.5. The summed E-state index contributed by atoms with van der Waals surface area (Å²) >= 11 is 6.16. The Labute approximate surface area is 200 Å². The zero-order chi connectivity index (χ0) is 24.0. The molecule has 0 aliphatic carbocycles. The number of carbonyl (C=O) groups excluding carboxylic acids is 2. The van der Waals surface area contributed by atoms with E-state index in [1.165, 1.54) is 12.1 Å². The van der Waals surface area contributed by atoms with Crippen LogP contribution in [0.15, 0.2) is 60.7 Å². The number of hydrogen-bond acceptors (Lipinski definition) is 4. The summed E-state index contributed by atoms with van der Waals surface area (Å²) in [6.45, 7) is 1.93. The van der Waals surface area contributed by atoms with Gasteiger partial charge in [-0.2, -0.15) is 0 Å². The third kappa shape index (κ3) is 3.58. The Morgan fingerprint density at radius 1 is 1.09 bits per heavy atom. The fourth-order valence-corrected chi connectivity index (χ4v) is 5.01. The van der Waals surface area contributed by atoms with Gasteiger partial charge in [0.25, 0.3) is 0 Å². The van der Waals surface area contributed by atoms with Crippen LogP contribution in [-0.4, -0.2) is 22.9 Å². The molecule has 2 amide bonds. The lowest BCUT2D eigenvalue weighted by Crippen LogP contribution is -2.52. The van der Waals surface area contributed by atoms with Crippen LogP contribution in [0.3, 0.4) is 0 Å². The summed E-state index contributed by atoms with van der Waals surface area (Å²) in [5.74, 6) is -0.470. The molecule has 1 fully saturated rings. The van der Waals surface area contributed by atoms with Gasteiger partial charge >= 0.3 is 5.97 Å². The molecule has 172 valence electrons. The number of benzene rings is 3. The Balaban J connectivity index is 1.62. The Hall–Kier alpha value is -3.84. The smallest absolute Gasteiger partial charge is 0.335 e. The highest BCUT2D eigenvalue weighted by atomic mass is 35.5. The molecule has 34 heavy (non-hydrogen) atoms. The first kappa shape index (κ1) is 22.0. The van der Waals surface area contributed by atoms with Crippen LogP contribution < -0.4 is 15.4 Å². The van der Waals surface area contributed by atoms with Crippen molar-refractivity contribution in [2.24, 2.45) is 0 Å². The molecule has 1 spiro atoms. The second-order valence-electron chi connectivity index (χ2n) is 8.59. The fraction of sp³-hybridized carbons (Fsp3) is 0.192. The number of halogens is 1. The first-order valence-electron chi connectivity index (χ1n) is 10.8. The molecule has 8 heteroatoms. The molecule has 0 radical (unpaired) electrons. The van der Waals surface area contributed by atoms with Gasteiger partial charge in [0.15, 0.2) is 0 Å². The first-order valence-corrected chi connectivity index (χ1v) is 11.2. The molecule has 1 saturated heterocycles. The zero-order valence-electron chi connectivity index (χ0n) is 18.2. The van der Waals surface area contributed by atoms with E-state index in [9.17, 15) is 14.4 Å². The number of aromatic carboxylic acids is 1. The lowest BCUT2D eigenvalue weighted by Gasteiger charge is -2.41. The van der Waals surface area contributed by atoms with Gasteiger partial charge in [-0.15, -0.1) is 0 Å². The number of fused-ring (bicyclic) bond motifs is 2. The predicted octanol–water partition coefficient (Wildman–Crippen LogP) is 4.98. The molecular weight excluding hydrogens is 456 g/mol. The number of aryl methyl sites for hydroxylation is 1. The van der Waals surface area contributed by atoms with Gasteiger partial charge in [-0.1, -0.05) is 35.4 Å². The Kier molecular flexibility index (Phi) is 5.29. The molecule has 2 atom stereocenters. The number of carboxylic acids is 1. The zero-order valence-corrected chi connectivity index (χ0v) is 19.0. The fourth-order valence-electron chi connectivity index (χ4n) is 4.83. The van der Waals surface area contributed by atoms with Crippen LogP contribution in [0.2, 0.25) is 5.02 Å². The molecule has 0 bridgehead atoms. The maximum Gasteiger partial charge on any atom is 0.335 e.